The van der Waals surface area contributed by atoms with Crippen molar-refractivity contribution in [1.29, 1.82) is 0 Å². The third-order valence-corrected chi connectivity index (χ3v) is 4.78. The Hall–Kier alpha value is -2.04. The summed E-state index contributed by atoms with van der Waals surface area (Å²) in [6.45, 7) is 0.929. The van der Waals surface area contributed by atoms with Crippen molar-refractivity contribution in [2.24, 2.45) is 0 Å². The van der Waals surface area contributed by atoms with Gasteiger partial charge in [-0.2, -0.15) is 0 Å². The highest BCUT2D eigenvalue weighted by Gasteiger charge is 2.21. The predicted octanol–water partition coefficient (Wildman–Crippen LogP) is 3.66. The number of amides is 1. The lowest BCUT2D eigenvalue weighted by Crippen LogP contribution is -2.38. The van der Waals surface area contributed by atoms with Crippen molar-refractivity contribution < 1.29 is 14.3 Å². The Kier molecular flexibility index (Phi) is 5.61. The number of rotatable bonds is 4. The molecule has 2 aromatic rings. The van der Waals surface area contributed by atoms with Crippen molar-refractivity contribution >= 4 is 35.1 Å². The predicted molar refractivity (Wildman–Crippen MR) is 96.7 cm³/mol. The molecule has 1 amide bonds. The minimum atomic E-state index is -0.491. The second-order valence-corrected chi connectivity index (χ2v) is 6.75. The summed E-state index contributed by atoms with van der Waals surface area (Å²) in [6.07, 6.45) is 0.822. The molecule has 0 aliphatic carbocycles. The maximum absolute atomic E-state index is 12.3. The van der Waals surface area contributed by atoms with Gasteiger partial charge >= 0.3 is 5.97 Å². The smallest absolute Gasteiger partial charge is 0.310 e. The summed E-state index contributed by atoms with van der Waals surface area (Å²) in [5.74, 6) is -0.681. The molecule has 130 valence electrons. The van der Waals surface area contributed by atoms with E-state index in [1.807, 2.05) is 18.2 Å². The minimum Gasteiger partial charge on any atom is -0.455 e. The first-order valence-electron chi connectivity index (χ1n) is 7.97. The molecule has 6 heteroatoms. The fourth-order valence-electron chi connectivity index (χ4n) is 2.81. The van der Waals surface area contributed by atoms with Crippen LogP contribution in [-0.2, 0) is 33.7 Å². The number of halogens is 2. The number of hydrogen-bond acceptors (Lipinski definition) is 3. The quantitative estimate of drug-likeness (QED) is 0.763. The van der Waals surface area contributed by atoms with Crippen molar-refractivity contribution in [3.63, 3.8) is 0 Å². The molecule has 1 aliphatic heterocycles. The number of benzene rings is 2. The van der Waals surface area contributed by atoms with Gasteiger partial charge in [0.05, 0.1) is 6.42 Å². The zero-order valence-electron chi connectivity index (χ0n) is 13.5. The molecule has 0 bridgehead atoms. The summed E-state index contributed by atoms with van der Waals surface area (Å²) in [4.78, 5) is 25.9. The summed E-state index contributed by atoms with van der Waals surface area (Å²) in [5.41, 5.74) is 3.03. The molecule has 0 radical (unpaired) electrons. The first-order chi connectivity index (χ1) is 12.0. The van der Waals surface area contributed by atoms with Crippen molar-refractivity contribution in [1.82, 2.24) is 4.90 Å². The summed E-state index contributed by atoms with van der Waals surface area (Å²) < 4.78 is 5.11. The van der Waals surface area contributed by atoms with Crippen LogP contribution in [0.15, 0.2) is 42.5 Å². The van der Waals surface area contributed by atoms with Crippen LogP contribution in [0.1, 0.15) is 16.7 Å². The van der Waals surface area contributed by atoms with Gasteiger partial charge in [0.25, 0.3) is 5.91 Å². The highest BCUT2D eigenvalue weighted by molar-refractivity contribution is 6.35. The van der Waals surface area contributed by atoms with Crippen molar-refractivity contribution in [3.05, 3.63) is 69.2 Å². The van der Waals surface area contributed by atoms with E-state index in [-0.39, 0.29) is 18.9 Å². The molecule has 2 aromatic carbocycles. The maximum Gasteiger partial charge on any atom is 0.310 e. The summed E-state index contributed by atoms with van der Waals surface area (Å²) in [6, 6.07) is 13.0. The van der Waals surface area contributed by atoms with Gasteiger partial charge in [0, 0.05) is 23.1 Å². The van der Waals surface area contributed by atoms with E-state index in [0.717, 1.165) is 12.0 Å². The lowest BCUT2D eigenvalue weighted by molar-refractivity contribution is -0.151. The lowest BCUT2D eigenvalue weighted by Gasteiger charge is -2.28. The molecule has 0 atom stereocenters. The molecule has 0 aromatic heterocycles. The van der Waals surface area contributed by atoms with Crippen LogP contribution in [0.2, 0.25) is 10.0 Å². The fraction of sp³-hybridized carbons (Fsp3) is 0.263. The summed E-state index contributed by atoms with van der Waals surface area (Å²) >= 11 is 11.9. The standard InChI is InChI=1S/C19H17Cl2NO3/c20-16-6-5-14(17(21)10-16)9-19(24)25-12-18(23)22-8-7-13-3-1-2-4-15(13)11-22/h1-6,10H,7-9,11-12H2. The van der Waals surface area contributed by atoms with Gasteiger partial charge in [0.2, 0.25) is 0 Å². The van der Waals surface area contributed by atoms with Crippen LogP contribution in [0.3, 0.4) is 0 Å². The van der Waals surface area contributed by atoms with Crippen LogP contribution in [0.25, 0.3) is 0 Å². The highest BCUT2D eigenvalue weighted by atomic mass is 35.5. The second kappa shape index (κ2) is 7.89. The van der Waals surface area contributed by atoms with Gasteiger partial charge in [-0.15, -0.1) is 0 Å². The molecule has 0 saturated heterocycles. The Balaban J connectivity index is 1.51. The highest BCUT2D eigenvalue weighted by Crippen LogP contribution is 2.22. The van der Waals surface area contributed by atoms with Gasteiger partial charge < -0.3 is 9.64 Å². The molecule has 0 unspecified atom stereocenters. The normalized spacial score (nSPS) is 13.3. The topological polar surface area (TPSA) is 46.6 Å². The van der Waals surface area contributed by atoms with Crippen LogP contribution in [0.4, 0.5) is 0 Å². The first-order valence-corrected chi connectivity index (χ1v) is 8.72. The molecule has 0 saturated carbocycles. The second-order valence-electron chi connectivity index (χ2n) is 5.91. The van der Waals surface area contributed by atoms with Crippen LogP contribution < -0.4 is 0 Å². The Morgan fingerprint density at radius 3 is 2.60 bits per heavy atom. The molecule has 1 aliphatic rings. The zero-order valence-corrected chi connectivity index (χ0v) is 15.0. The number of esters is 1. The number of fused-ring (bicyclic) bond motifs is 1. The third-order valence-electron chi connectivity index (χ3n) is 4.19. The Morgan fingerprint density at radius 2 is 1.84 bits per heavy atom. The largest absolute Gasteiger partial charge is 0.455 e. The van der Waals surface area contributed by atoms with Crippen LogP contribution >= 0.6 is 23.2 Å². The molecule has 0 spiro atoms. The van der Waals surface area contributed by atoms with E-state index in [1.165, 1.54) is 5.56 Å². The summed E-state index contributed by atoms with van der Waals surface area (Å²) in [5, 5.41) is 0.908. The van der Waals surface area contributed by atoms with Gasteiger partial charge in [0.1, 0.15) is 0 Å². The van der Waals surface area contributed by atoms with E-state index < -0.39 is 5.97 Å². The zero-order chi connectivity index (χ0) is 17.8. The van der Waals surface area contributed by atoms with Crippen molar-refractivity contribution in [3.8, 4) is 0 Å². The number of nitrogens with zero attached hydrogens (tertiary/aromatic N) is 1. The molecule has 25 heavy (non-hydrogen) atoms. The van der Waals surface area contributed by atoms with E-state index >= 15 is 0 Å². The van der Waals surface area contributed by atoms with Gasteiger partial charge in [-0.25, -0.2) is 0 Å². The average molecular weight is 378 g/mol. The number of carbonyl (C=O) groups is 2. The summed E-state index contributed by atoms with van der Waals surface area (Å²) in [7, 11) is 0. The van der Waals surface area contributed by atoms with Crippen LogP contribution in [-0.4, -0.2) is 29.9 Å². The van der Waals surface area contributed by atoms with Crippen LogP contribution in [0.5, 0.6) is 0 Å². The lowest BCUT2D eigenvalue weighted by atomic mass is 10.00. The molecule has 1 heterocycles. The first kappa shape index (κ1) is 17.8. The van der Waals surface area contributed by atoms with E-state index in [0.29, 0.717) is 28.7 Å². The molecule has 3 rings (SSSR count). The molecular formula is C19H17Cl2NO3. The fourth-order valence-corrected chi connectivity index (χ4v) is 3.29. The third kappa shape index (κ3) is 4.53. The van der Waals surface area contributed by atoms with Gasteiger partial charge in [-0.1, -0.05) is 53.5 Å². The molecular weight excluding hydrogens is 361 g/mol. The molecule has 0 fully saturated rings. The van der Waals surface area contributed by atoms with Gasteiger partial charge in [-0.3, -0.25) is 9.59 Å². The number of hydrogen-bond donors (Lipinski definition) is 0. The van der Waals surface area contributed by atoms with E-state index in [1.54, 1.807) is 23.1 Å². The van der Waals surface area contributed by atoms with E-state index in [2.05, 4.69) is 6.07 Å². The Bertz CT molecular complexity index is 807. The van der Waals surface area contributed by atoms with Gasteiger partial charge in [0.15, 0.2) is 6.61 Å². The van der Waals surface area contributed by atoms with Crippen LogP contribution in [0, 0.1) is 0 Å². The number of ether oxygens (including phenoxy) is 1. The monoisotopic (exact) mass is 377 g/mol. The SMILES string of the molecule is O=C(Cc1ccc(Cl)cc1Cl)OCC(=O)N1CCc2ccccc2C1. The van der Waals surface area contributed by atoms with Gasteiger partial charge in [-0.05, 0) is 35.2 Å². The van der Waals surface area contributed by atoms with E-state index in [9.17, 15) is 9.59 Å². The molecule has 0 N–H and O–H groups in total. The Morgan fingerprint density at radius 1 is 1.08 bits per heavy atom. The molecule has 4 nitrogen and oxygen atoms in total. The number of carbonyl (C=O) groups excluding carboxylic acids is 2. The minimum absolute atomic E-state index is 0.00607. The Labute approximate surface area is 156 Å². The van der Waals surface area contributed by atoms with Crippen molar-refractivity contribution in [2.75, 3.05) is 13.2 Å². The van der Waals surface area contributed by atoms with Crippen molar-refractivity contribution in [2.45, 2.75) is 19.4 Å². The average Bonchev–Trinajstić information content (AvgIpc) is 2.61. The maximum atomic E-state index is 12.3. The van der Waals surface area contributed by atoms with E-state index in [4.69, 9.17) is 27.9 Å².